The molecule has 1 aromatic carbocycles. The normalized spacial score (nSPS) is 11.7. The molecular formula is C18H23NO. The maximum Gasteiger partial charge on any atom is 0.185 e. The van der Waals surface area contributed by atoms with Crippen molar-refractivity contribution >= 4 is 0 Å². The van der Waals surface area contributed by atoms with Gasteiger partial charge in [-0.1, -0.05) is 39.0 Å². The summed E-state index contributed by atoms with van der Waals surface area (Å²) in [5, 5.41) is 0. The van der Waals surface area contributed by atoms with Crippen LogP contribution in [0.1, 0.15) is 43.2 Å². The summed E-state index contributed by atoms with van der Waals surface area (Å²) in [7, 11) is 0. The number of aromatic amines is 1. The fourth-order valence-electron chi connectivity index (χ4n) is 2.44. The molecule has 1 aromatic heterocycles. The van der Waals surface area contributed by atoms with E-state index in [0.717, 1.165) is 22.5 Å². The van der Waals surface area contributed by atoms with Gasteiger partial charge in [-0.3, -0.25) is 4.79 Å². The smallest absolute Gasteiger partial charge is 0.185 e. The van der Waals surface area contributed by atoms with Crippen molar-refractivity contribution in [2.75, 3.05) is 0 Å². The van der Waals surface area contributed by atoms with Crippen LogP contribution in [0, 0.1) is 20.8 Å². The van der Waals surface area contributed by atoms with Crippen LogP contribution in [0.5, 0.6) is 0 Å². The van der Waals surface area contributed by atoms with Crippen LogP contribution in [0.25, 0.3) is 11.3 Å². The highest BCUT2D eigenvalue weighted by atomic mass is 16.1. The van der Waals surface area contributed by atoms with E-state index in [1.807, 2.05) is 13.8 Å². The van der Waals surface area contributed by atoms with Crippen molar-refractivity contribution in [3.8, 4) is 11.3 Å². The van der Waals surface area contributed by atoms with Crippen LogP contribution in [0.2, 0.25) is 0 Å². The van der Waals surface area contributed by atoms with Gasteiger partial charge in [0.05, 0.1) is 5.69 Å². The topological polar surface area (TPSA) is 32.9 Å². The molecule has 0 saturated heterocycles. The van der Waals surface area contributed by atoms with Crippen LogP contribution in [0.15, 0.2) is 29.1 Å². The fourth-order valence-corrected chi connectivity index (χ4v) is 2.44. The van der Waals surface area contributed by atoms with Gasteiger partial charge in [0, 0.05) is 22.9 Å². The van der Waals surface area contributed by atoms with Crippen LogP contribution in [-0.2, 0) is 5.41 Å². The molecule has 2 heteroatoms. The number of rotatable bonds is 1. The number of aryl methyl sites for hydroxylation is 2. The van der Waals surface area contributed by atoms with Crippen LogP contribution in [0.4, 0.5) is 0 Å². The molecular weight excluding hydrogens is 246 g/mol. The van der Waals surface area contributed by atoms with Crippen LogP contribution < -0.4 is 5.43 Å². The molecule has 1 N–H and O–H groups in total. The molecule has 0 unspecified atom stereocenters. The van der Waals surface area contributed by atoms with Crippen molar-refractivity contribution in [1.29, 1.82) is 0 Å². The van der Waals surface area contributed by atoms with Crippen molar-refractivity contribution in [1.82, 2.24) is 4.98 Å². The maximum absolute atomic E-state index is 12.0. The SMILES string of the molecule is Cc1cc(=O)c(C)c(-c2ccc(C(C)(C)C)cc2C)[nH]1. The minimum Gasteiger partial charge on any atom is -0.358 e. The molecule has 2 rings (SSSR count). The summed E-state index contributed by atoms with van der Waals surface area (Å²) in [6.45, 7) is 12.5. The summed E-state index contributed by atoms with van der Waals surface area (Å²) in [6, 6.07) is 8.14. The first-order valence-electron chi connectivity index (χ1n) is 7.02. The number of hydrogen-bond donors (Lipinski definition) is 1. The lowest BCUT2D eigenvalue weighted by molar-refractivity contribution is 0.590. The standard InChI is InChI=1S/C18H23NO/c1-11-9-14(18(4,5)6)7-8-15(11)17-13(3)16(20)10-12(2)19-17/h7-10H,1-6H3,(H,19,20). The first-order valence-corrected chi connectivity index (χ1v) is 7.02. The van der Waals surface area contributed by atoms with E-state index in [-0.39, 0.29) is 10.8 Å². The Morgan fingerprint density at radius 2 is 1.65 bits per heavy atom. The second kappa shape index (κ2) is 4.93. The lowest BCUT2D eigenvalue weighted by Crippen LogP contribution is -2.12. The summed E-state index contributed by atoms with van der Waals surface area (Å²) in [5.41, 5.74) is 6.46. The minimum atomic E-state index is 0.0931. The number of H-pyrrole nitrogens is 1. The molecule has 0 fully saturated rings. The Labute approximate surface area is 120 Å². The van der Waals surface area contributed by atoms with E-state index in [2.05, 4.69) is 50.9 Å². The lowest BCUT2D eigenvalue weighted by atomic mass is 9.85. The Morgan fingerprint density at radius 3 is 2.20 bits per heavy atom. The summed E-state index contributed by atoms with van der Waals surface area (Å²) in [6.07, 6.45) is 0. The predicted octanol–water partition coefficient (Wildman–Crippen LogP) is 4.26. The van der Waals surface area contributed by atoms with Crippen molar-refractivity contribution in [2.24, 2.45) is 0 Å². The van der Waals surface area contributed by atoms with Gasteiger partial charge in [0.2, 0.25) is 0 Å². The second-order valence-corrected chi connectivity index (χ2v) is 6.60. The number of nitrogens with one attached hydrogen (secondary N) is 1. The van der Waals surface area contributed by atoms with E-state index in [9.17, 15) is 4.79 Å². The van der Waals surface area contributed by atoms with E-state index < -0.39 is 0 Å². The molecule has 0 atom stereocenters. The average molecular weight is 269 g/mol. The summed E-state index contributed by atoms with van der Waals surface area (Å²) in [4.78, 5) is 15.3. The Balaban J connectivity index is 2.63. The minimum absolute atomic E-state index is 0.0931. The highest BCUT2D eigenvalue weighted by molar-refractivity contribution is 5.67. The number of benzene rings is 1. The van der Waals surface area contributed by atoms with Gasteiger partial charge in [-0.25, -0.2) is 0 Å². The zero-order chi connectivity index (χ0) is 15.1. The molecule has 1 heterocycles. The quantitative estimate of drug-likeness (QED) is 0.824. The van der Waals surface area contributed by atoms with Crippen molar-refractivity contribution in [2.45, 2.75) is 47.0 Å². The molecule has 0 saturated carbocycles. The number of aromatic nitrogens is 1. The Kier molecular flexibility index (Phi) is 3.59. The van der Waals surface area contributed by atoms with Gasteiger partial charge in [-0.05, 0) is 37.3 Å². The third-order valence-corrected chi connectivity index (χ3v) is 3.78. The third kappa shape index (κ3) is 2.69. The van der Waals surface area contributed by atoms with Crippen LogP contribution in [-0.4, -0.2) is 4.98 Å². The monoisotopic (exact) mass is 269 g/mol. The van der Waals surface area contributed by atoms with Gasteiger partial charge < -0.3 is 4.98 Å². The molecule has 0 aliphatic rings. The van der Waals surface area contributed by atoms with E-state index >= 15 is 0 Å². The van der Waals surface area contributed by atoms with E-state index in [1.165, 1.54) is 11.1 Å². The van der Waals surface area contributed by atoms with Gasteiger partial charge in [0.1, 0.15) is 0 Å². The van der Waals surface area contributed by atoms with Crippen molar-refractivity contribution in [3.05, 3.63) is 56.9 Å². The Hall–Kier alpha value is -1.83. The third-order valence-electron chi connectivity index (χ3n) is 3.78. The molecule has 2 nitrogen and oxygen atoms in total. The number of pyridine rings is 1. The predicted molar refractivity (Wildman–Crippen MR) is 85.4 cm³/mol. The zero-order valence-electron chi connectivity index (χ0n) is 13.2. The van der Waals surface area contributed by atoms with Crippen molar-refractivity contribution in [3.63, 3.8) is 0 Å². The lowest BCUT2D eigenvalue weighted by Gasteiger charge is -2.21. The fraction of sp³-hybridized carbons (Fsp3) is 0.389. The highest BCUT2D eigenvalue weighted by Gasteiger charge is 2.16. The van der Waals surface area contributed by atoms with E-state index in [0.29, 0.717) is 0 Å². The van der Waals surface area contributed by atoms with Gasteiger partial charge in [-0.15, -0.1) is 0 Å². The largest absolute Gasteiger partial charge is 0.358 e. The molecule has 0 bridgehead atoms. The summed E-state index contributed by atoms with van der Waals surface area (Å²) >= 11 is 0. The first-order chi connectivity index (χ1) is 9.20. The van der Waals surface area contributed by atoms with Crippen LogP contribution in [0.3, 0.4) is 0 Å². The molecule has 0 amide bonds. The molecule has 20 heavy (non-hydrogen) atoms. The van der Waals surface area contributed by atoms with Gasteiger partial charge in [0.15, 0.2) is 5.43 Å². The molecule has 0 aliphatic carbocycles. The Bertz CT molecular complexity index is 702. The second-order valence-electron chi connectivity index (χ2n) is 6.60. The number of hydrogen-bond acceptors (Lipinski definition) is 1. The summed E-state index contributed by atoms with van der Waals surface area (Å²) < 4.78 is 0. The molecule has 106 valence electrons. The van der Waals surface area contributed by atoms with Gasteiger partial charge in [-0.2, -0.15) is 0 Å². The van der Waals surface area contributed by atoms with E-state index in [4.69, 9.17) is 0 Å². The summed E-state index contributed by atoms with van der Waals surface area (Å²) in [5.74, 6) is 0. The molecule has 2 aromatic rings. The Morgan fingerprint density at radius 1 is 1.00 bits per heavy atom. The van der Waals surface area contributed by atoms with Crippen molar-refractivity contribution < 1.29 is 0 Å². The van der Waals surface area contributed by atoms with Gasteiger partial charge >= 0.3 is 0 Å². The molecule has 0 radical (unpaired) electrons. The highest BCUT2D eigenvalue weighted by Crippen LogP contribution is 2.29. The maximum atomic E-state index is 12.0. The van der Waals surface area contributed by atoms with Crippen LogP contribution >= 0.6 is 0 Å². The average Bonchev–Trinajstić information content (AvgIpc) is 2.33. The van der Waals surface area contributed by atoms with E-state index in [1.54, 1.807) is 6.07 Å². The molecule has 0 aliphatic heterocycles. The van der Waals surface area contributed by atoms with Gasteiger partial charge in [0.25, 0.3) is 0 Å². The first kappa shape index (κ1) is 14.6. The zero-order valence-corrected chi connectivity index (χ0v) is 13.2. The molecule has 0 spiro atoms.